The van der Waals surface area contributed by atoms with Crippen LogP contribution >= 0.6 is 0 Å². The van der Waals surface area contributed by atoms with Crippen molar-refractivity contribution in [1.82, 2.24) is 0 Å². The lowest BCUT2D eigenvalue weighted by atomic mass is 9.86. The van der Waals surface area contributed by atoms with Gasteiger partial charge in [-0.05, 0) is 67.3 Å². The van der Waals surface area contributed by atoms with Crippen molar-refractivity contribution in [1.29, 1.82) is 0 Å². The minimum absolute atomic E-state index is 0.557. The van der Waals surface area contributed by atoms with Gasteiger partial charge >= 0.3 is 0 Å². The molecule has 0 aromatic heterocycles. The highest BCUT2D eigenvalue weighted by atomic mass is 16.3. The van der Waals surface area contributed by atoms with E-state index in [4.69, 9.17) is 0 Å². The van der Waals surface area contributed by atoms with Crippen molar-refractivity contribution in [2.75, 3.05) is 0 Å². The number of hydrogen-bond acceptors (Lipinski definition) is 1. The molecule has 18 heavy (non-hydrogen) atoms. The summed E-state index contributed by atoms with van der Waals surface area (Å²) in [4.78, 5) is 0. The van der Waals surface area contributed by atoms with E-state index in [1.54, 1.807) is 0 Å². The Morgan fingerprint density at radius 1 is 0.778 bits per heavy atom. The smallest absolute Gasteiger partial charge is 0.122 e. The molecule has 0 saturated heterocycles. The fraction of sp³-hybridized carbons (Fsp3) is 0.647. The quantitative estimate of drug-likeness (QED) is 0.761. The summed E-state index contributed by atoms with van der Waals surface area (Å²) >= 11 is 0. The zero-order chi connectivity index (χ0) is 13.7. The van der Waals surface area contributed by atoms with Gasteiger partial charge in [-0.15, -0.1) is 0 Å². The van der Waals surface area contributed by atoms with Gasteiger partial charge in [0.2, 0.25) is 0 Å². The molecule has 0 atom stereocenters. The van der Waals surface area contributed by atoms with Gasteiger partial charge in [0, 0.05) is 0 Å². The van der Waals surface area contributed by atoms with E-state index in [-0.39, 0.29) is 0 Å². The molecule has 0 amide bonds. The Morgan fingerprint density at radius 2 is 1.44 bits per heavy atom. The number of phenolic OH excluding ortho intramolecular Hbond substituents is 1. The second kappa shape index (κ2) is 6.82. The van der Waals surface area contributed by atoms with Crippen LogP contribution in [0.3, 0.4) is 0 Å². The van der Waals surface area contributed by atoms with E-state index >= 15 is 0 Å². The number of hydrogen-bond donors (Lipinski definition) is 1. The van der Waals surface area contributed by atoms with Crippen LogP contribution in [-0.4, -0.2) is 5.11 Å². The molecule has 0 unspecified atom stereocenters. The molecule has 0 fully saturated rings. The summed E-state index contributed by atoms with van der Waals surface area (Å²) in [7, 11) is 0. The summed E-state index contributed by atoms with van der Waals surface area (Å²) < 4.78 is 0. The lowest BCUT2D eigenvalue weighted by Gasteiger charge is -2.20. The Bertz CT molecular complexity index is 405. The van der Waals surface area contributed by atoms with Crippen LogP contribution in [0.15, 0.2) is 0 Å². The molecule has 1 aromatic carbocycles. The summed E-state index contributed by atoms with van der Waals surface area (Å²) in [5.74, 6) is 0.557. The molecule has 102 valence electrons. The molecule has 0 aliphatic heterocycles. The molecule has 1 rings (SSSR count). The highest BCUT2D eigenvalue weighted by molar-refractivity contribution is 5.54. The highest BCUT2D eigenvalue weighted by Crippen LogP contribution is 2.34. The summed E-state index contributed by atoms with van der Waals surface area (Å²) in [6.07, 6.45) is 6.67. The first-order valence-electron chi connectivity index (χ1n) is 7.41. The normalized spacial score (nSPS) is 10.9. The van der Waals surface area contributed by atoms with Crippen LogP contribution in [0.4, 0.5) is 0 Å². The largest absolute Gasteiger partial charge is 0.507 e. The number of unbranched alkanes of at least 4 members (excludes halogenated alkanes) is 1. The number of benzene rings is 1. The van der Waals surface area contributed by atoms with Gasteiger partial charge in [0.05, 0.1) is 0 Å². The first-order valence-corrected chi connectivity index (χ1v) is 7.41. The average Bonchev–Trinajstić information content (AvgIpc) is 2.37. The van der Waals surface area contributed by atoms with E-state index in [9.17, 15) is 5.11 Å². The summed E-state index contributed by atoms with van der Waals surface area (Å²) in [5, 5.41) is 10.4. The van der Waals surface area contributed by atoms with Crippen LogP contribution in [0.2, 0.25) is 0 Å². The first-order chi connectivity index (χ1) is 8.58. The van der Waals surface area contributed by atoms with Gasteiger partial charge in [0.1, 0.15) is 5.75 Å². The van der Waals surface area contributed by atoms with Crippen LogP contribution in [-0.2, 0) is 19.3 Å². The molecular weight excluding hydrogens is 220 g/mol. The maximum absolute atomic E-state index is 10.4. The SMILES string of the molecule is CCCCc1c(O)c(C)c(C)c(CC)c1CCC. The second-order valence-electron chi connectivity index (χ2n) is 5.24. The molecule has 1 N–H and O–H groups in total. The summed E-state index contributed by atoms with van der Waals surface area (Å²) in [6.45, 7) is 10.8. The molecule has 0 aliphatic carbocycles. The predicted molar refractivity (Wildman–Crippen MR) is 79.6 cm³/mol. The van der Waals surface area contributed by atoms with E-state index in [1.165, 1.54) is 28.7 Å². The molecule has 1 nitrogen and oxygen atoms in total. The van der Waals surface area contributed by atoms with Gasteiger partial charge in [0.15, 0.2) is 0 Å². The van der Waals surface area contributed by atoms with Gasteiger partial charge in [-0.3, -0.25) is 0 Å². The molecule has 1 aromatic rings. The van der Waals surface area contributed by atoms with Crippen molar-refractivity contribution in [3.63, 3.8) is 0 Å². The minimum atomic E-state index is 0.557. The van der Waals surface area contributed by atoms with Crippen LogP contribution in [0, 0.1) is 13.8 Å². The molecule has 0 spiro atoms. The van der Waals surface area contributed by atoms with Gasteiger partial charge < -0.3 is 5.11 Å². The molecule has 0 heterocycles. The lowest BCUT2D eigenvalue weighted by Crippen LogP contribution is -2.05. The molecular formula is C17H28O. The van der Waals surface area contributed by atoms with E-state index < -0.39 is 0 Å². The van der Waals surface area contributed by atoms with E-state index in [0.29, 0.717) is 5.75 Å². The van der Waals surface area contributed by atoms with Crippen LogP contribution < -0.4 is 0 Å². The van der Waals surface area contributed by atoms with E-state index in [2.05, 4.69) is 34.6 Å². The minimum Gasteiger partial charge on any atom is -0.507 e. The summed E-state index contributed by atoms with van der Waals surface area (Å²) in [5.41, 5.74) is 6.49. The van der Waals surface area contributed by atoms with Crippen LogP contribution in [0.25, 0.3) is 0 Å². The molecule has 0 saturated carbocycles. The lowest BCUT2D eigenvalue weighted by molar-refractivity contribution is 0.460. The summed E-state index contributed by atoms with van der Waals surface area (Å²) in [6, 6.07) is 0. The monoisotopic (exact) mass is 248 g/mol. The second-order valence-corrected chi connectivity index (χ2v) is 5.24. The van der Waals surface area contributed by atoms with Crippen molar-refractivity contribution < 1.29 is 5.11 Å². The zero-order valence-electron chi connectivity index (χ0n) is 12.7. The van der Waals surface area contributed by atoms with Crippen molar-refractivity contribution in [3.8, 4) is 5.75 Å². The first kappa shape index (κ1) is 15.1. The maximum atomic E-state index is 10.4. The highest BCUT2D eigenvalue weighted by Gasteiger charge is 2.17. The van der Waals surface area contributed by atoms with Crippen molar-refractivity contribution >= 4 is 0 Å². The van der Waals surface area contributed by atoms with E-state index in [0.717, 1.165) is 37.7 Å². The van der Waals surface area contributed by atoms with E-state index in [1.807, 2.05) is 0 Å². The maximum Gasteiger partial charge on any atom is 0.122 e. The van der Waals surface area contributed by atoms with Crippen LogP contribution in [0.1, 0.15) is 67.9 Å². The van der Waals surface area contributed by atoms with Crippen LogP contribution in [0.5, 0.6) is 5.75 Å². The fourth-order valence-electron chi connectivity index (χ4n) is 2.83. The third-order valence-corrected chi connectivity index (χ3v) is 4.02. The van der Waals surface area contributed by atoms with Gasteiger partial charge in [0.25, 0.3) is 0 Å². The number of phenols is 1. The third-order valence-electron chi connectivity index (χ3n) is 4.02. The third kappa shape index (κ3) is 2.88. The van der Waals surface area contributed by atoms with Gasteiger partial charge in [-0.25, -0.2) is 0 Å². The fourth-order valence-corrected chi connectivity index (χ4v) is 2.83. The Hall–Kier alpha value is -0.980. The Labute approximate surface area is 112 Å². The van der Waals surface area contributed by atoms with Crippen molar-refractivity contribution in [3.05, 3.63) is 27.8 Å². The van der Waals surface area contributed by atoms with Crippen molar-refractivity contribution in [2.24, 2.45) is 0 Å². The van der Waals surface area contributed by atoms with Crippen molar-refractivity contribution in [2.45, 2.75) is 73.1 Å². The molecule has 1 heteroatoms. The standard InChI is InChI=1S/C17H28O/c1-6-9-11-16-15(10-7-2)14(8-3)12(4)13(5)17(16)18/h18H,6-11H2,1-5H3. The average molecular weight is 248 g/mol. The number of aromatic hydroxyl groups is 1. The topological polar surface area (TPSA) is 20.2 Å². The Kier molecular flexibility index (Phi) is 5.71. The molecule has 0 aliphatic rings. The zero-order valence-corrected chi connectivity index (χ0v) is 12.7. The molecule has 0 radical (unpaired) electrons. The predicted octanol–water partition coefficient (Wildman–Crippen LogP) is 4.87. The Balaban J connectivity index is 3.39. The van der Waals surface area contributed by atoms with Gasteiger partial charge in [-0.2, -0.15) is 0 Å². The number of rotatable bonds is 6. The Morgan fingerprint density at radius 3 is 1.94 bits per heavy atom. The van der Waals surface area contributed by atoms with Gasteiger partial charge in [-0.1, -0.05) is 33.6 Å². The molecule has 0 bridgehead atoms.